The molecule has 0 spiro atoms. The summed E-state index contributed by atoms with van der Waals surface area (Å²) in [5.74, 6) is -1.59. The van der Waals surface area contributed by atoms with Crippen molar-refractivity contribution in [2.45, 2.75) is 102 Å². The number of carbonyl (C=O) groups is 4. The molecule has 2 heterocycles. The molecule has 1 amide bonds. The molecule has 10 heteroatoms. The Balaban J connectivity index is 1.69. The number of cyclic esters (lactones) is 2. The van der Waals surface area contributed by atoms with E-state index in [4.69, 9.17) is 14.2 Å². The van der Waals surface area contributed by atoms with Crippen molar-refractivity contribution >= 4 is 24.0 Å². The Labute approximate surface area is 187 Å². The molecule has 0 aromatic heterocycles. The molecule has 7 atom stereocenters. The van der Waals surface area contributed by atoms with Crippen LogP contribution in [0, 0.1) is 5.92 Å². The van der Waals surface area contributed by atoms with Crippen molar-refractivity contribution in [1.29, 1.82) is 0 Å². The van der Waals surface area contributed by atoms with Crippen LogP contribution in [0.25, 0.3) is 0 Å². The van der Waals surface area contributed by atoms with E-state index in [0.717, 1.165) is 25.7 Å². The van der Waals surface area contributed by atoms with Crippen LogP contribution in [0.1, 0.15) is 65.7 Å². The molecular formula is C22H34N2O8. The standard InChI is InChI=1S/C22H34N2O8/c1-4-7-15(20(26)27)23-12(2)19(25)24-16-9-6-5-8-14(16)10-17(24)21(28)30-11-18-13(3)31-22(29)32-18/h12-18,23H,4-11H2,1-3H3,(H,26,27)/t12-,13?,14-,15-,16-,17-,18?/m0/s1. The van der Waals surface area contributed by atoms with Crippen molar-refractivity contribution in [3.05, 3.63) is 0 Å². The highest BCUT2D eigenvalue weighted by atomic mass is 16.8. The minimum absolute atomic E-state index is 0.0564. The summed E-state index contributed by atoms with van der Waals surface area (Å²) >= 11 is 0. The van der Waals surface area contributed by atoms with Gasteiger partial charge in [-0.3, -0.25) is 14.9 Å². The summed E-state index contributed by atoms with van der Waals surface area (Å²) in [6.45, 7) is 5.05. The maximum absolute atomic E-state index is 13.4. The lowest BCUT2D eigenvalue weighted by atomic mass is 9.84. The lowest BCUT2D eigenvalue weighted by Crippen LogP contribution is -2.55. The summed E-state index contributed by atoms with van der Waals surface area (Å²) in [4.78, 5) is 50.8. The Morgan fingerprint density at radius 2 is 1.97 bits per heavy atom. The van der Waals surface area contributed by atoms with Gasteiger partial charge in [0.15, 0.2) is 6.10 Å². The zero-order valence-electron chi connectivity index (χ0n) is 19.0. The number of carboxylic acid groups (broad SMARTS) is 1. The van der Waals surface area contributed by atoms with E-state index in [0.29, 0.717) is 19.3 Å². The Bertz CT molecular complexity index is 729. The van der Waals surface area contributed by atoms with Crippen molar-refractivity contribution < 1.29 is 38.5 Å². The predicted molar refractivity (Wildman–Crippen MR) is 112 cm³/mol. The molecule has 2 aliphatic heterocycles. The van der Waals surface area contributed by atoms with Crippen molar-refractivity contribution in [2.24, 2.45) is 5.92 Å². The molecule has 1 aliphatic carbocycles. The topological polar surface area (TPSA) is 131 Å². The van der Waals surface area contributed by atoms with Crippen LogP contribution >= 0.6 is 0 Å². The zero-order chi connectivity index (χ0) is 23.4. The lowest BCUT2D eigenvalue weighted by molar-refractivity contribution is -0.157. The molecule has 0 radical (unpaired) electrons. The molecule has 32 heavy (non-hydrogen) atoms. The molecule has 10 nitrogen and oxygen atoms in total. The van der Waals surface area contributed by atoms with Gasteiger partial charge in [0, 0.05) is 6.04 Å². The summed E-state index contributed by atoms with van der Waals surface area (Å²) in [7, 11) is 0. The first-order chi connectivity index (χ1) is 15.2. The fourth-order valence-electron chi connectivity index (χ4n) is 5.06. The third-order valence-corrected chi connectivity index (χ3v) is 6.75. The van der Waals surface area contributed by atoms with Crippen LogP contribution in [0.3, 0.4) is 0 Å². The summed E-state index contributed by atoms with van der Waals surface area (Å²) in [6.07, 6.45) is 3.41. The largest absolute Gasteiger partial charge is 0.509 e. The highest BCUT2D eigenvalue weighted by molar-refractivity contribution is 5.89. The summed E-state index contributed by atoms with van der Waals surface area (Å²) in [5, 5.41) is 12.4. The van der Waals surface area contributed by atoms with Gasteiger partial charge in [-0.05, 0) is 45.4 Å². The maximum Gasteiger partial charge on any atom is 0.509 e. The molecule has 2 unspecified atom stereocenters. The quantitative estimate of drug-likeness (QED) is 0.501. The lowest BCUT2D eigenvalue weighted by Gasteiger charge is -2.35. The molecule has 0 aromatic carbocycles. The molecule has 2 N–H and O–H groups in total. The fraction of sp³-hybridized carbons (Fsp3) is 0.818. The van der Waals surface area contributed by atoms with E-state index in [9.17, 15) is 24.3 Å². The van der Waals surface area contributed by atoms with Gasteiger partial charge in [-0.1, -0.05) is 26.2 Å². The molecule has 1 saturated carbocycles. The number of hydrogen-bond donors (Lipinski definition) is 2. The first kappa shape index (κ1) is 24.3. The number of carbonyl (C=O) groups excluding carboxylic acids is 3. The number of aliphatic carboxylic acids is 1. The van der Waals surface area contributed by atoms with Gasteiger partial charge in [0.25, 0.3) is 0 Å². The minimum Gasteiger partial charge on any atom is -0.480 e. The van der Waals surface area contributed by atoms with Crippen LogP contribution < -0.4 is 5.32 Å². The van der Waals surface area contributed by atoms with Gasteiger partial charge >= 0.3 is 18.1 Å². The van der Waals surface area contributed by atoms with E-state index < -0.39 is 48.4 Å². The van der Waals surface area contributed by atoms with Gasteiger partial charge in [-0.15, -0.1) is 0 Å². The van der Waals surface area contributed by atoms with E-state index in [1.807, 2.05) is 6.92 Å². The van der Waals surface area contributed by atoms with Crippen molar-refractivity contribution in [3.8, 4) is 0 Å². The molecule has 0 bridgehead atoms. The Hall–Kier alpha value is -2.36. The number of nitrogens with zero attached hydrogens (tertiary/aromatic N) is 1. The number of ether oxygens (including phenoxy) is 3. The minimum atomic E-state index is -0.998. The second kappa shape index (κ2) is 10.5. The van der Waals surface area contributed by atoms with E-state index in [1.54, 1.807) is 18.7 Å². The van der Waals surface area contributed by atoms with Crippen LogP contribution in [0.5, 0.6) is 0 Å². The van der Waals surface area contributed by atoms with E-state index in [-0.39, 0.29) is 24.5 Å². The third-order valence-electron chi connectivity index (χ3n) is 6.75. The first-order valence-electron chi connectivity index (χ1n) is 11.6. The highest BCUT2D eigenvalue weighted by Gasteiger charge is 2.49. The van der Waals surface area contributed by atoms with Gasteiger partial charge in [0.05, 0.1) is 6.04 Å². The molecule has 3 aliphatic rings. The van der Waals surface area contributed by atoms with Crippen molar-refractivity contribution in [1.82, 2.24) is 10.2 Å². The van der Waals surface area contributed by atoms with Crippen molar-refractivity contribution in [3.63, 3.8) is 0 Å². The molecule has 3 fully saturated rings. The molecular weight excluding hydrogens is 420 g/mol. The normalized spacial score (nSPS) is 31.3. The average molecular weight is 455 g/mol. The zero-order valence-corrected chi connectivity index (χ0v) is 19.0. The number of esters is 1. The second-order valence-corrected chi connectivity index (χ2v) is 9.04. The predicted octanol–water partition coefficient (Wildman–Crippen LogP) is 1.84. The van der Waals surface area contributed by atoms with Gasteiger partial charge < -0.3 is 24.2 Å². The number of nitrogens with one attached hydrogen (secondary N) is 1. The SMILES string of the molecule is CCC[C@H](N[C@@H](C)C(=O)N1[C@H](C(=O)OCC2OC(=O)OC2C)C[C@@H]2CCCC[C@@H]21)C(=O)O. The highest BCUT2D eigenvalue weighted by Crippen LogP contribution is 2.40. The molecule has 2 saturated heterocycles. The van der Waals surface area contributed by atoms with Gasteiger partial charge in [-0.2, -0.15) is 0 Å². The van der Waals surface area contributed by atoms with Gasteiger partial charge in [0.2, 0.25) is 5.91 Å². The number of rotatable bonds is 9. The maximum atomic E-state index is 13.4. The molecule has 0 aromatic rings. The second-order valence-electron chi connectivity index (χ2n) is 9.04. The van der Waals surface area contributed by atoms with Gasteiger partial charge in [0.1, 0.15) is 24.8 Å². The number of hydrogen-bond acceptors (Lipinski definition) is 8. The van der Waals surface area contributed by atoms with Gasteiger partial charge in [-0.25, -0.2) is 9.59 Å². The third kappa shape index (κ3) is 5.33. The number of likely N-dealkylation sites (tertiary alicyclic amines) is 1. The Morgan fingerprint density at radius 3 is 2.59 bits per heavy atom. The van der Waals surface area contributed by atoms with Crippen LogP contribution in [0.15, 0.2) is 0 Å². The first-order valence-corrected chi connectivity index (χ1v) is 11.6. The van der Waals surface area contributed by atoms with Crippen LogP contribution in [-0.2, 0) is 28.6 Å². The van der Waals surface area contributed by atoms with Crippen LogP contribution in [0.2, 0.25) is 0 Å². The summed E-state index contributed by atoms with van der Waals surface area (Å²) in [5.41, 5.74) is 0. The number of fused-ring (bicyclic) bond motifs is 1. The monoisotopic (exact) mass is 454 g/mol. The number of amides is 1. The smallest absolute Gasteiger partial charge is 0.480 e. The Kier molecular flexibility index (Phi) is 7.97. The summed E-state index contributed by atoms with van der Waals surface area (Å²) in [6, 6.07) is -2.36. The average Bonchev–Trinajstić information content (AvgIpc) is 3.30. The summed E-state index contributed by atoms with van der Waals surface area (Å²) < 4.78 is 15.3. The molecule has 180 valence electrons. The van der Waals surface area contributed by atoms with Crippen LogP contribution in [-0.4, -0.2) is 77.0 Å². The van der Waals surface area contributed by atoms with Crippen molar-refractivity contribution in [2.75, 3.05) is 6.61 Å². The van der Waals surface area contributed by atoms with E-state index >= 15 is 0 Å². The Morgan fingerprint density at radius 1 is 1.25 bits per heavy atom. The van der Waals surface area contributed by atoms with E-state index in [2.05, 4.69) is 5.32 Å². The fourth-order valence-corrected chi connectivity index (χ4v) is 5.06. The van der Waals surface area contributed by atoms with E-state index in [1.165, 1.54) is 0 Å². The van der Waals surface area contributed by atoms with Crippen LogP contribution in [0.4, 0.5) is 4.79 Å². The number of carboxylic acids is 1. The molecule has 3 rings (SSSR count).